The molecule has 0 saturated carbocycles. The van der Waals surface area contributed by atoms with Gasteiger partial charge in [-0.3, -0.25) is 14.5 Å². The molecule has 0 unspecified atom stereocenters. The van der Waals surface area contributed by atoms with Gasteiger partial charge in [0.15, 0.2) is 0 Å². The topological polar surface area (TPSA) is 52.7 Å². The van der Waals surface area contributed by atoms with Crippen LogP contribution >= 0.6 is 11.6 Å². The highest BCUT2D eigenvalue weighted by Crippen LogP contribution is 2.23. The van der Waals surface area contributed by atoms with Crippen LogP contribution in [0.5, 0.6) is 0 Å². The van der Waals surface area contributed by atoms with Crippen LogP contribution in [0.1, 0.15) is 26.3 Å². The standard InChI is InChI=1S/C18H26ClN3O2/c1-13-14(19)6-5-7-15(13)20-16(23)12-21-8-10-22(11-9-21)17(24)18(2,3)4/h5-7H,8-12H2,1-4H3,(H,20,23). The van der Waals surface area contributed by atoms with Crippen LogP contribution in [0.4, 0.5) is 5.69 Å². The molecule has 1 fully saturated rings. The van der Waals surface area contributed by atoms with Gasteiger partial charge in [0, 0.05) is 42.3 Å². The molecule has 1 aromatic rings. The lowest BCUT2D eigenvalue weighted by atomic mass is 9.94. The molecule has 0 radical (unpaired) electrons. The molecular weight excluding hydrogens is 326 g/mol. The largest absolute Gasteiger partial charge is 0.340 e. The van der Waals surface area contributed by atoms with E-state index >= 15 is 0 Å². The summed E-state index contributed by atoms with van der Waals surface area (Å²) >= 11 is 6.07. The van der Waals surface area contributed by atoms with Crippen molar-refractivity contribution in [3.05, 3.63) is 28.8 Å². The van der Waals surface area contributed by atoms with Gasteiger partial charge < -0.3 is 10.2 Å². The number of nitrogens with zero attached hydrogens (tertiary/aromatic N) is 2. The van der Waals surface area contributed by atoms with Crippen LogP contribution < -0.4 is 5.32 Å². The van der Waals surface area contributed by atoms with Crippen molar-refractivity contribution in [1.82, 2.24) is 9.80 Å². The predicted molar refractivity (Wildman–Crippen MR) is 97.3 cm³/mol. The molecule has 0 bridgehead atoms. The Morgan fingerprint density at radius 1 is 1.17 bits per heavy atom. The minimum Gasteiger partial charge on any atom is -0.340 e. The highest BCUT2D eigenvalue weighted by molar-refractivity contribution is 6.31. The van der Waals surface area contributed by atoms with Crippen LogP contribution in [0.2, 0.25) is 5.02 Å². The number of amides is 2. The van der Waals surface area contributed by atoms with Gasteiger partial charge in [0.05, 0.1) is 6.54 Å². The Labute approximate surface area is 149 Å². The SMILES string of the molecule is Cc1c(Cl)cccc1NC(=O)CN1CCN(C(=O)C(C)(C)C)CC1. The predicted octanol–water partition coefficient (Wildman–Crippen LogP) is 2.78. The summed E-state index contributed by atoms with van der Waals surface area (Å²) in [6.45, 7) is 10.8. The van der Waals surface area contributed by atoms with Crippen LogP contribution in [-0.2, 0) is 9.59 Å². The molecule has 1 N–H and O–H groups in total. The molecule has 0 atom stereocenters. The first-order valence-corrected chi connectivity index (χ1v) is 8.63. The van der Waals surface area contributed by atoms with Crippen molar-refractivity contribution < 1.29 is 9.59 Å². The van der Waals surface area contributed by atoms with Crippen molar-refractivity contribution >= 4 is 29.1 Å². The van der Waals surface area contributed by atoms with Gasteiger partial charge in [-0.2, -0.15) is 0 Å². The number of hydrogen-bond acceptors (Lipinski definition) is 3. The second-order valence-electron chi connectivity index (χ2n) is 7.28. The molecule has 0 aromatic heterocycles. The first-order chi connectivity index (χ1) is 11.2. The number of hydrogen-bond donors (Lipinski definition) is 1. The van der Waals surface area contributed by atoms with E-state index < -0.39 is 0 Å². The molecule has 6 heteroatoms. The van der Waals surface area contributed by atoms with Crippen LogP contribution in [-0.4, -0.2) is 54.3 Å². The van der Waals surface area contributed by atoms with E-state index in [9.17, 15) is 9.59 Å². The average Bonchev–Trinajstić information content (AvgIpc) is 2.51. The third-order valence-corrected chi connectivity index (χ3v) is 4.62. The lowest BCUT2D eigenvalue weighted by Crippen LogP contribution is -2.52. The van der Waals surface area contributed by atoms with E-state index in [1.807, 2.05) is 44.7 Å². The molecular formula is C18H26ClN3O2. The summed E-state index contributed by atoms with van der Waals surface area (Å²) < 4.78 is 0. The van der Waals surface area contributed by atoms with E-state index in [0.717, 1.165) is 11.3 Å². The normalized spacial score (nSPS) is 16.1. The van der Waals surface area contributed by atoms with Crippen LogP contribution in [0.15, 0.2) is 18.2 Å². The Hall–Kier alpha value is -1.59. The molecule has 1 aliphatic heterocycles. The number of anilines is 1. The summed E-state index contributed by atoms with van der Waals surface area (Å²) in [5, 5.41) is 3.55. The fourth-order valence-electron chi connectivity index (χ4n) is 2.72. The smallest absolute Gasteiger partial charge is 0.238 e. The van der Waals surface area contributed by atoms with E-state index in [2.05, 4.69) is 10.2 Å². The monoisotopic (exact) mass is 351 g/mol. The second kappa shape index (κ2) is 7.53. The van der Waals surface area contributed by atoms with E-state index in [-0.39, 0.29) is 17.2 Å². The van der Waals surface area contributed by atoms with Gasteiger partial charge in [-0.1, -0.05) is 38.4 Å². The van der Waals surface area contributed by atoms with Crippen molar-refractivity contribution in [2.75, 3.05) is 38.0 Å². The number of halogens is 1. The molecule has 2 rings (SSSR count). The van der Waals surface area contributed by atoms with Crippen molar-refractivity contribution in [2.24, 2.45) is 5.41 Å². The summed E-state index contributed by atoms with van der Waals surface area (Å²) in [7, 11) is 0. The summed E-state index contributed by atoms with van der Waals surface area (Å²) in [5.74, 6) is 0.108. The van der Waals surface area contributed by atoms with Crippen molar-refractivity contribution in [1.29, 1.82) is 0 Å². The first kappa shape index (κ1) is 18.7. The number of rotatable bonds is 3. The molecule has 2 amide bonds. The van der Waals surface area contributed by atoms with Gasteiger partial charge in [-0.25, -0.2) is 0 Å². The van der Waals surface area contributed by atoms with E-state index in [0.29, 0.717) is 37.7 Å². The number of nitrogens with one attached hydrogen (secondary N) is 1. The summed E-state index contributed by atoms with van der Waals surface area (Å²) in [4.78, 5) is 28.5. The maximum absolute atomic E-state index is 12.3. The molecule has 0 spiro atoms. The Kier molecular flexibility index (Phi) is 5.88. The van der Waals surface area contributed by atoms with E-state index in [1.54, 1.807) is 6.07 Å². The summed E-state index contributed by atoms with van der Waals surface area (Å²) in [6, 6.07) is 5.47. The third kappa shape index (κ3) is 4.71. The van der Waals surface area contributed by atoms with Gasteiger partial charge in [0.25, 0.3) is 0 Å². The fraction of sp³-hybridized carbons (Fsp3) is 0.556. The van der Waals surface area contributed by atoms with Crippen molar-refractivity contribution in [3.8, 4) is 0 Å². The highest BCUT2D eigenvalue weighted by atomic mass is 35.5. The first-order valence-electron chi connectivity index (χ1n) is 8.25. The molecule has 24 heavy (non-hydrogen) atoms. The van der Waals surface area contributed by atoms with Gasteiger partial charge in [0.1, 0.15) is 0 Å². The van der Waals surface area contributed by atoms with E-state index in [4.69, 9.17) is 11.6 Å². The van der Waals surface area contributed by atoms with Crippen molar-refractivity contribution in [3.63, 3.8) is 0 Å². The van der Waals surface area contributed by atoms with E-state index in [1.165, 1.54) is 0 Å². The Morgan fingerprint density at radius 3 is 2.38 bits per heavy atom. The lowest BCUT2D eigenvalue weighted by molar-refractivity contribution is -0.141. The number of piperazine rings is 1. The Morgan fingerprint density at radius 2 is 1.79 bits per heavy atom. The van der Waals surface area contributed by atoms with Crippen LogP contribution in [0.3, 0.4) is 0 Å². The van der Waals surface area contributed by atoms with Gasteiger partial charge in [-0.15, -0.1) is 0 Å². The minimum atomic E-state index is -0.357. The maximum atomic E-state index is 12.3. The minimum absolute atomic E-state index is 0.0593. The molecule has 1 heterocycles. The third-order valence-electron chi connectivity index (χ3n) is 4.21. The molecule has 1 aliphatic rings. The number of carbonyl (C=O) groups excluding carboxylic acids is 2. The Bertz CT molecular complexity index is 617. The molecule has 132 valence electrons. The molecule has 1 aromatic carbocycles. The zero-order valence-corrected chi connectivity index (χ0v) is 15.6. The quantitative estimate of drug-likeness (QED) is 0.911. The second-order valence-corrected chi connectivity index (χ2v) is 7.69. The molecule has 5 nitrogen and oxygen atoms in total. The number of carbonyl (C=O) groups is 2. The highest BCUT2D eigenvalue weighted by Gasteiger charge is 2.30. The molecule has 0 aliphatic carbocycles. The Balaban J connectivity index is 1.84. The number of benzene rings is 1. The zero-order valence-electron chi connectivity index (χ0n) is 14.9. The summed E-state index contributed by atoms with van der Waals surface area (Å²) in [6.07, 6.45) is 0. The lowest BCUT2D eigenvalue weighted by Gasteiger charge is -2.37. The summed E-state index contributed by atoms with van der Waals surface area (Å²) in [5.41, 5.74) is 1.26. The van der Waals surface area contributed by atoms with Crippen LogP contribution in [0, 0.1) is 12.3 Å². The fourth-order valence-corrected chi connectivity index (χ4v) is 2.89. The molecule has 1 saturated heterocycles. The van der Waals surface area contributed by atoms with Gasteiger partial charge in [-0.05, 0) is 24.6 Å². The van der Waals surface area contributed by atoms with Gasteiger partial charge in [0.2, 0.25) is 11.8 Å². The van der Waals surface area contributed by atoms with Crippen molar-refractivity contribution in [2.45, 2.75) is 27.7 Å². The maximum Gasteiger partial charge on any atom is 0.238 e. The zero-order chi connectivity index (χ0) is 17.9. The average molecular weight is 352 g/mol. The van der Waals surface area contributed by atoms with Crippen LogP contribution in [0.25, 0.3) is 0 Å². The van der Waals surface area contributed by atoms with Gasteiger partial charge >= 0.3 is 0 Å².